The minimum absolute atomic E-state index is 0.155. The van der Waals surface area contributed by atoms with Gasteiger partial charge in [0.15, 0.2) is 0 Å². The number of hydrogen-bond donors (Lipinski definition) is 2. The van der Waals surface area contributed by atoms with Crippen molar-refractivity contribution in [2.45, 2.75) is 19.9 Å². The second-order valence-electron chi connectivity index (χ2n) is 4.48. The number of rotatable bonds is 4. The minimum Gasteiger partial charge on any atom is -0.364 e. The van der Waals surface area contributed by atoms with Gasteiger partial charge in [-0.2, -0.15) is 10.2 Å². The van der Waals surface area contributed by atoms with Crippen LogP contribution in [0, 0.1) is 6.92 Å². The lowest BCUT2D eigenvalue weighted by atomic mass is 10.2. The molecule has 8 heteroatoms. The SMILES string of the molecule is Cc1ccnn1[C@H](C)C(=O)Nc1cnn(C)c1C(N)=O. The minimum atomic E-state index is -0.650. The van der Waals surface area contributed by atoms with Crippen molar-refractivity contribution in [1.82, 2.24) is 19.6 Å². The maximum atomic E-state index is 12.2. The van der Waals surface area contributed by atoms with E-state index in [1.165, 1.54) is 10.9 Å². The van der Waals surface area contributed by atoms with Gasteiger partial charge in [0.2, 0.25) is 5.91 Å². The monoisotopic (exact) mass is 276 g/mol. The van der Waals surface area contributed by atoms with Gasteiger partial charge < -0.3 is 11.1 Å². The second-order valence-corrected chi connectivity index (χ2v) is 4.48. The molecule has 0 saturated carbocycles. The molecular weight excluding hydrogens is 260 g/mol. The normalized spacial score (nSPS) is 12.2. The third-order valence-electron chi connectivity index (χ3n) is 3.04. The van der Waals surface area contributed by atoms with Crippen LogP contribution in [0.2, 0.25) is 0 Å². The number of aromatic nitrogens is 4. The van der Waals surface area contributed by atoms with E-state index in [9.17, 15) is 9.59 Å². The second kappa shape index (κ2) is 5.16. The lowest BCUT2D eigenvalue weighted by Crippen LogP contribution is -2.26. The molecule has 0 aromatic carbocycles. The Bertz CT molecular complexity index is 657. The highest BCUT2D eigenvalue weighted by molar-refractivity contribution is 6.02. The smallest absolute Gasteiger partial charge is 0.269 e. The van der Waals surface area contributed by atoms with Crippen molar-refractivity contribution in [3.8, 4) is 0 Å². The molecule has 3 N–H and O–H groups in total. The first-order valence-electron chi connectivity index (χ1n) is 6.04. The summed E-state index contributed by atoms with van der Waals surface area (Å²) in [6.45, 7) is 3.57. The third kappa shape index (κ3) is 2.40. The fraction of sp³-hybridized carbons (Fsp3) is 0.333. The fourth-order valence-electron chi connectivity index (χ4n) is 1.96. The van der Waals surface area contributed by atoms with Crippen LogP contribution in [0.5, 0.6) is 0 Å². The molecule has 0 aliphatic carbocycles. The van der Waals surface area contributed by atoms with Gasteiger partial charge >= 0.3 is 0 Å². The molecule has 0 bridgehead atoms. The molecule has 0 aliphatic heterocycles. The number of amides is 2. The Morgan fingerprint density at radius 1 is 1.40 bits per heavy atom. The molecule has 2 rings (SSSR count). The molecule has 0 fully saturated rings. The molecule has 2 aromatic rings. The van der Waals surface area contributed by atoms with Crippen molar-refractivity contribution < 1.29 is 9.59 Å². The first-order valence-corrected chi connectivity index (χ1v) is 6.04. The molecule has 20 heavy (non-hydrogen) atoms. The largest absolute Gasteiger partial charge is 0.364 e. The van der Waals surface area contributed by atoms with Crippen molar-refractivity contribution in [1.29, 1.82) is 0 Å². The van der Waals surface area contributed by atoms with Crippen molar-refractivity contribution in [3.63, 3.8) is 0 Å². The molecule has 0 unspecified atom stereocenters. The summed E-state index contributed by atoms with van der Waals surface area (Å²) in [5, 5.41) is 10.6. The molecule has 0 spiro atoms. The van der Waals surface area contributed by atoms with E-state index in [0.29, 0.717) is 5.69 Å². The predicted molar refractivity (Wildman–Crippen MR) is 72.0 cm³/mol. The van der Waals surface area contributed by atoms with E-state index in [4.69, 9.17) is 5.73 Å². The molecule has 1 atom stereocenters. The van der Waals surface area contributed by atoms with Crippen LogP contribution in [-0.2, 0) is 11.8 Å². The van der Waals surface area contributed by atoms with Crippen LogP contribution in [-0.4, -0.2) is 31.4 Å². The topological polar surface area (TPSA) is 108 Å². The predicted octanol–water partition coefficient (Wildman–Crippen LogP) is 0.224. The van der Waals surface area contributed by atoms with Crippen molar-refractivity contribution in [2.24, 2.45) is 12.8 Å². The third-order valence-corrected chi connectivity index (χ3v) is 3.04. The van der Waals surface area contributed by atoms with Gasteiger partial charge in [-0.15, -0.1) is 0 Å². The molecule has 0 radical (unpaired) electrons. The summed E-state index contributed by atoms with van der Waals surface area (Å²) < 4.78 is 2.91. The Morgan fingerprint density at radius 2 is 2.10 bits per heavy atom. The maximum absolute atomic E-state index is 12.2. The Hall–Kier alpha value is -2.64. The van der Waals surface area contributed by atoms with Crippen LogP contribution in [0.3, 0.4) is 0 Å². The van der Waals surface area contributed by atoms with E-state index in [1.54, 1.807) is 24.9 Å². The van der Waals surface area contributed by atoms with Crippen LogP contribution in [0.1, 0.15) is 29.1 Å². The van der Waals surface area contributed by atoms with Gasteiger partial charge in [0.1, 0.15) is 11.7 Å². The number of aryl methyl sites for hydroxylation is 2. The number of carbonyl (C=O) groups excluding carboxylic acids is 2. The fourth-order valence-corrected chi connectivity index (χ4v) is 1.96. The zero-order valence-electron chi connectivity index (χ0n) is 11.5. The van der Waals surface area contributed by atoms with Crippen LogP contribution in [0.15, 0.2) is 18.5 Å². The zero-order chi connectivity index (χ0) is 14.9. The maximum Gasteiger partial charge on any atom is 0.269 e. The quantitative estimate of drug-likeness (QED) is 0.832. The Labute approximate surface area is 115 Å². The molecular formula is C12H16N6O2. The highest BCUT2D eigenvalue weighted by atomic mass is 16.2. The first-order chi connectivity index (χ1) is 9.41. The number of hydrogen-bond acceptors (Lipinski definition) is 4. The standard InChI is InChI=1S/C12H16N6O2/c1-7-4-5-14-18(7)8(2)12(20)16-9-6-15-17(3)10(9)11(13)19/h4-6,8H,1-3H3,(H2,13,19)(H,16,20)/t8-/m1/s1. The van der Waals surface area contributed by atoms with Crippen molar-refractivity contribution >= 4 is 17.5 Å². The highest BCUT2D eigenvalue weighted by Gasteiger charge is 2.21. The van der Waals surface area contributed by atoms with E-state index < -0.39 is 11.9 Å². The zero-order valence-corrected chi connectivity index (χ0v) is 11.5. The average Bonchev–Trinajstić information content (AvgIpc) is 2.95. The number of primary amides is 1. The van der Waals surface area contributed by atoms with Gasteiger partial charge in [-0.05, 0) is 19.9 Å². The van der Waals surface area contributed by atoms with E-state index in [1.807, 2.05) is 13.0 Å². The Morgan fingerprint density at radius 3 is 2.65 bits per heavy atom. The lowest BCUT2D eigenvalue weighted by Gasteiger charge is -2.14. The van der Waals surface area contributed by atoms with Crippen molar-refractivity contribution in [3.05, 3.63) is 29.8 Å². The Balaban J connectivity index is 2.21. The summed E-state index contributed by atoms with van der Waals surface area (Å²) in [7, 11) is 1.58. The summed E-state index contributed by atoms with van der Waals surface area (Å²) in [4.78, 5) is 23.5. The molecule has 0 aliphatic rings. The van der Waals surface area contributed by atoms with Crippen LogP contribution < -0.4 is 11.1 Å². The summed E-state index contributed by atoms with van der Waals surface area (Å²) in [6.07, 6.45) is 3.01. The van der Waals surface area contributed by atoms with E-state index in [0.717, 1.165) is 5.69 Å². The number of anilines is 1. The van der Waals surface area contributed by atoms with Gasteiger partial charge in [-0.1, -0.05) is 0 Å². The van der Waals surface area contributed by atoms with Gasteiger partial charge in [0.25, 0.3) is 5.91 Å². The summed E-state index contributed by atoms with van der Waals surface area (Å²) in [5.74, 6) is -0.949. The lowest BCUT2D eigenvalue weighted by molar-refractivity contribution is -0.119. The van der Waals surface area contributed by atoms with Crippen LogP contribution in [0.25, 0.3) is 0 Å². The van der Waals surface area contributed by atoms with E-state index in [-0.39, 0.29) is 11.6 Å². The summed E-state index contributed by atoms with van der Waals surface area (Å²) >= 11 is 0. The number of carbonyl (C=O) groups is 2. The van der Waals surface area contributed by atoms with Gasteiger partial charge in [-0.25, -0.2) is 0 Å². The molecule has 2 heterocycles. The van der Waals surface area contributed by atoms with Crippen LogP contribution >= 0.6 is 0 Å². The van der Waals surface area contributed by atoms with Gasteiger partial charge in [0, 0.05) is 18.9 Å². The van der Waals surface area contributed by atoms with E-state index >= 15 is 0 Å². The summed E-state index contributed by atoms with van der Waals surface area (Å²) in [5.41, 5.74) is 6.58. The van der Waals surface area contributed by atoms with Crippen LogP contribution in [0.4, 0.5) is 5.69 Å². The molecule has 2 aromatic heterocycles. The molecule has 0 saturated heterocycles. The van der Waals surface area contributed by atoms with Gasteiger partial charge in [-0.3, -0.25) is 19.0 Å². The number of nitrogens with two attached hydrogens (primary N) is 1. The molecule has 106 valence electrons. The first kappa shape index (κ1) is 13.8. The average molecular weight is 276 g/mol. The summed E-state index contributed by atoms with van der Waals surface area (Å²) in [6, 6.07) is 1.30. The van der Waals surface area contributed by atoms with E-state index in [2.05, 4.69) is 15.5 Å². The Kier molecular flexibility index (Phi) is 3.55. The van der Waals surface area contributed by atoms with Gasteiger partial charge in [0.05, 0.1) is 11.9 Å². The molecule has 8 nitrogen and oxygen atoms in total. The number of nitrogens with zero attached hydrogens (tertiary/aromatic N) is 4. The number of nitrogens with one attached hydrogen (secondary N) is 1. The highest BCUT2D eigenvalue weighted by Crippen LogP contribution is 2.16. The molecule has 2 amide bonds. The van der Waals surface area contributed by atoms with Crippen molar-refractivity contribution in [2.75, 3.05) is 5.32 Å².